The highest BCUT2D eigenvalue weighted by Crippen LogP contribution is 2.24. The van der Waals surface area contributed by atoms with Gasteiger partial charge in [0, 0.05) is 6.04 Å². The van der Waals surface area contributed by atoms with Crippen molar-refractivity contribution < 1.29 is 22.4 Å². The van der Waals surface area contributed by atoms with Crippen LogP contribution in [0.4, 0.5) is 0 Å². The van der Waals surface area contributed by atoms with Crippen LogP contribution in [-0.2, 0) is 21.2 Å². The molecule has 0 saturated carbocycles. The van der Waals surface area contributed by atoms with Gasteiger partial charge in [-0.05, 0) is 69.5 Å². The van der Waals surface area contributed by atoms with E-state index in [0.29, 0.717) is 17.9 Å². The molecule has 1 aromatic carbocycles. The minimum atomic E-state index is -3.12. The smallest absolute Gasteiger partial charge is 0.264 e. The van der Waals surface area contributed by atoms with Gasteiger partial charge in [0.2, 0.25) is 0 Å². The van der Waals surface area contributed by atoms with Gasteiger partial charge in [-0.3, -0.25) is 4.79 Å². The fraction of sp³-hybridized carbons (Fsp3) is 0.476. The molecule has 0 N–H and O–H groups in total. The fourth-order valence-corrected chi connectivity index (χ4v) is 5.37. The van der Waals surface area contributed by atoms with E-state index in [2.05, 4.69) is 0 Å². The molecule has 2 heterocycles. The molecule has 28 heavy (non-hydrogen) atoms. The number of sulfone groups is 1. The van der Waals surface area contributed by atoms with Gasteiger partial charge in [-0.15, -0.1) is 0 Å². The molecule has 1 aliphatic heterocycles. The molecule has 7 heteroatoms. The van der Waals surface area contributed by atoms with E-state index in [9.17, 15) is 13.2 Å². The van der Waals surface area contributed by atoms with Crippen LogP contribution < -0.4 is 4.74 Å². The van der Waals surface area contributed by atoms with Crippen LogP contribution in [0.25, 0.3) is 0 Å². The Kier molecular flexibility index (Phi) is 5.84. The zero-order valence-electron chi connectivity index (χ0n) is 16.8. The van der Waals surface area contributed by atoms with Crippen molar-refractivity contribution in [1.82, 2.24) is 4.90 Å². The van der Waals surface area contributed by atoms with E-state index < -0.39 is 15.9 Å². The molecule has 152 valence electrons. The van der Waals surface area contributed by atoms with Crippen LogP contribution in [0.1, 0.15) is 36.0 Å². The highest BCUT2D eigenvalue weighted by molar-refractivity contribution is 7.91. The maximum absolute atomic E-state index is 13.2. The summed E-state index contributed by atoms with van der Waals surface area (Å²) in [5.74, 6) is 1.86. The highest BCUT2D eigenvalue weighted by atomic mass is 32.2. The number of furan rings is 1. The van der Waals surface area contributed by atoms with Gasteiger partial charge in [-0.25, -0.2) is 8.42 Å². The standard InChI is InChI=1S/C21H27NO5S/c1-14-9-15(2)11-20(10-14)27-17(4)21(23)22(12-19-6-5-16(3)26-19)18-7-8-28(24,25)13-18/h5-6,9-11,17-18H,7-8,12-13H2,1-4H3. The lowest BCUT2D eigenvalue weighted by Gasteiger charge is -2.30. The normalized spacial score (nSPS) is 19.4. The first-order valence-corrected chi connectivity index (χ1v) is 11.3. The SMILES string of the molecule is Cc1cc(C)cc(OC(C)C(=O)N(Cc2ccc(C)o2)C2CCS(=O)(=O)C2)c1. The van der Waals surface area contributed by atoms with Crippen molar-refractivity contribution in [3.8, 4) is 5.75 Å². The third kappa shape index (κ3) is 4.95. The van der Waals surface area contributed by atoms with Crippen molar-refractivity contribution >= 4 is 15.7 Å². The zero-order chi connectivity index (χ0) is 20.5. The summed E-state index contributed by atoms with van der Waals surface area (Å²) in [4.78, 5) is 14.8. The fourth-order valence-electron chi connectivity index (χ4n) is 3.64. The Labute approximate surface area is 166 Å². The number of hydrogen-bond donors (Lipinski definition) is 0. The average Bonchev–Trinajstić information content (AvgIpc) is 3.15. The molecule has 2 atom stereocenters. The van der Waals surface area contributed by atoms with E-state index in [0.717, 1.165) is 16.9 Å². The lowest BCUT2D eigenvalue weighted by atomic mass is 10.1. The predicted molar refractivity (Wildman–Crippen MR) is 107 cm³/mol. The molecule has 1 aliphatic rings. The van der Waals surface area contributed by atoms with Crippen LogP contribution >= 0.6 is 0 Å². The molecule has 0 radical (unpaired) electrons. The Morgan fingerprint density at radius 2 is 1.89 bits per heavy atom. The molecule has 2 aromatic rings. The van der Waals surface area contributed by atoms with Crippen molar-refractivity contribution in [2.24, 2.45) is 0 Å². The van der Waals surface area contributed by atoms with Gasteiger partial charge in [-0.2, -0.15) is 0 Å². The molecular formula is C21H27NO5S. The first kappa shape index (κ1) is 20.5. The number of nitrogens with zero attached hydrogens (tertiary/aromatic N) is 1. The molecule has 1 saturated heterocycles. The van der Waals surface area contributed by atoms with Gasteiger partial charge >= 0.3 is 0 Å². The van der Waals surface area contributed by atoms with Gasteiger partial charge in [0.1, 0.15) is 17.3 Å². The number of aryl methyl sites for hydroxylation is 3. The zero-order valence-corrected chi connectivity index (χ0v) is 17.6. The topological polar surface area (TPSA) is 76.8 Å². The number of carbonyl (C=O) groups is 1. The Morgan fingerprint density at radius 3 is 2.43 bits per heavy atom. The Bertz CT molecular complexity index is 943. The molecule has 1 fully saturated rings. The molecule has 1 aromatic heterocycles. The summed E-state index contributed by atoms with van der Waals surface area (Å²) in [6.07, 6.45) is -0.301. The largest absolute Gasteiger partial charge is 0.481 e. The van der Waals surface area contributed by atoms with Gasteiger partial charge in [0.25, 0.3) is 5.91 Å². The number of rotatable bonds is 6. The maximum atomic E-state index is 13.2. The van der Waals surface area contributed by atoms with Gasteiger partial charge < -0.3 is 14.1 Å². The number of ether oxygens (including phenoxy) is 1. The van der Waals surface area contributed by atoms with Crippen LogP contribution in [0.5, 0.6) is 5.75 Å². The minimum absolute atomic E-state index is 0.0191. The van der Waals surface area contributed by atoms with E-state index in [1.54, 1.807) is 11.8 Å². The minimum Gasteiger partial charge on any atom is -0.481 e. The van der Waals surface area contributed by atoms with Crippen molar-refractivity contribution in [2.45, 2.75) is 52.8 Å². The lowest BCUT2D eigenvalue weighted by Crippen LogP contribution is -2.46. The van der Waals surface area contributed by atoms with Crippen LogP contribution in [0.2, 0.25) is 0 Å². The Hall–Kier alpha value is -2.28. The van der Waals surface area contributed by atoms with Crippen LogP contribution in [-0.4, -0.2) is 42.9 Å². The van der Waals surface area contributed by atoms with Crippen molar-refractivity contribution in [3.63, 3.8) is 0 Å². The molecule has 0 spiro atoms. The molecule has 0 aliphatic carbocycles. The molecule has 1 amide bonds. The molecular weight excluding hydrogens is 378 g/mol. The van der Waals surface area contributed by atoms with E-state index in [1.807, 2.05) is 51.1 Å². The second-order valence-electron chi connectivity index (χ2n) is 7.62. The summed E-state index contributed by atoms with van der Waals surface area (Å²) in [6, 6.07) is 9.09. The number of hydrogen-bond acceptors (Lipinski definition) is 5. The number of amides is 1. The average molecular weight is 406 g/mol. The molecule has 0 bridgehead atoms. The monoisotopic (exact) mass is 405 g/mol. The predicted octanol–water partition coefficient (Wildman–Crippen LogP) is 3.19. The number of benzene rings is 1. The Balaban J connectivity index is 1.80. The Morgan fingerprint density at radius 1 is 1.21 bits per heavy atom. The summed E-state index contributed by atoms with van der Waals surface area (Å²) in [7, 11) is -3.12. The lowest BCUT2D eigenvalue weighted by molar-refractivity contribution is -0.141. The summed E-state index contributed by atoms with van der Waals surface area (Å²) < 4.78 is 35.5. The van der Waals surface area contributed by atoms with E-state index in [4.69, 9.17) is 9.15 Å². The quantitative estimate of drug-likeness (QED) is 0.738. The summed E-state index contributed by atoms with van der Waals surface area (Å²) in [6.45, 7) is 7.71. The third-order valence-corrected chi connectivity index (χ3v) is 6.66. The summed E-state index contributed by atoms with van der Waals surface area (Å²) in [5.41, 5.74) is 2.11. The summed E-state index contributed by atoms with van der Waals surface area (Å²) >= 11 is 0. The van der Waals surface area contributed by atoms with E-state index in [-0.39, 0.29) is 30.0 Å². The number of carbonyl (C=O) groups excluding carboxylic acids is 1. The van der Waals surface area contributed by atoms with Crippen molar-refractivity contribution in [3.05, 3.63) is 53.0 Å². The second kappa shape index (κ2) is 7.99. The van der Waals surface area contributed by atoms with Gasteiger partial charge in [0.15, 0.2) is 15.9 Å². The highest BCUT2D eigenvalue weighted by Gasteiger charge is 2.37. The first-order valence-electron chi connectivity index (χ1n) is 9.44. The van der Waals surface area contributed by atoms with Crippen molar-refractivity contribution in [1.29, 1.82) is 0 Å². The molecule has 2 unspecified atom stereocenters. The van der Waals surface area contributed by atoms with Crippen molar-refractivity contribution in [2.75, 3.05) is 11.5 Å². The molecule has 3 rings (SSSR count). The molecule has 6 nitrogen and oxygen atoms in total. The van der Waals surface area contributed by atoms with Gasteiger partial charge in [-0.1, -0.05) is 6.07 Å². The maximum Gasteiger partial charge on any atom is 0.264 e. The van der Waals surface area contributed by atoms with E-state index >= 15 is 0 Å². The van der Waals surface area contributed by atoms with Crippen LogP contribution in [0, 0.1) is 20.8 Å². The van der Waals surface area contributed by atoms with Crippen LogP contribution in [0.3, 0.4) is 0 Å². The first-order chi connectivity index (χ1) is 13.1. The summed E-state index contributed by atoms with van der Waals surface area (Å²) in [5, 5.41) is 0. The second-order valence-corrected chi connectivity index (χ2v) is 9.85. The third-order valence-electron chi connectivity index (χ3n) is 4.91. The van der Waals surface area contributed by atoms with Gasteiger partial charge in [0.05, 0.1) is 18.1 Å². The van der Waals surface area contributed by atoms with Crippen LogP contribution in [0.15, 0.2) is 34.7 Å². The van der Waals surface area contributed by atoms with E-state index in [1.165, 1.54) is 0 Å².